The first-order valence-electron chi connectivity index (χ1n) is 8.54. The average Bonchev–Trinajstić information content (AvgIpc) is 3.15. The Morgan fingerprint density at radius 2 is 1.88 bits per heavy atom. The molecule has 2 aromatic carbocycles. The summed E-state index contributed by atoms with van der Waals surface area (Å²) in [5, 5.41) is 6.72. The summed E-state index contributed by atoms with van der Waals surface area (Å²) in [5.74, 6) is 1.30. The molecule has 6 heteroatoms. The lowest BCUT2D eigenvalue weighted by Crippen LogP contribution is -2.37. The summed E-state index contributed by atoms with van der Waals surface area (Å²) in [6.45, 7) is 4.06. The Morgan fingerprint density at radius 1 is 1.15 bits per heavy atom. The summed E-state index contributed by atoms with van der Waals surface area (Å²) in [7, 11) is 0. The maximum Gasteiger partial charge on any atom is 0.261 e. The second-order valence-electron chi connectivity index (χ2n) is 5.92. The van der Waals surface area contributed by atoms with Gasteiger partial charge in [-0.1, -0.05) is 60.1 Å². The van der Waals surface area contributed by atoms with Gasteiger partial charge >= 0.3 is 0 Å². The number of rotatable bonds is 7. The Bertz CT molecular complexity index is 844. The van der Waals surface area contributed by atoms with Gasteiger partial charge in [-0.05, 0) is 25.5 Å². The van der Waals surface area contributed by atoms with Crippen LogP contribution in [-0.2, 0) is 11.3 Å². The molecule has 3 aromatic rings. The van der Waals surface area contributed by atoms with E-state index in [1.165, 1.54) is 0 Å². The number of nitrogens with zero attached hydrogens (tertiary/aromatic N) is 2. The summed E-state index contributed by atoms with van der Waals surface area (Å²) in [6, 6.07) is 17.1. The van der Waals surface area contributed by atoms with Crippen molar-refractivity contribution in [2.75, 3.05) is 0 Å². The molecule has 1 amide bonds. The van der Waals surface area contributed by atoms with E-state index in [9.17, 15) is 4.79 Å². The third kappa shape index (κ3) is 4.47. The minimum Gasteiger partial charge on any atom is -0.481 e. The molecule has 0 aliphatic heterocycles. The van der Waals surface area contributed by atoms with Crippen LogP contribution in [-0.4, -0.2) is 22.2 Å². The second kappa shape index (κ2) is 8.29. The Kier molecular flexibility index (Phi) is 5.63. The zero-order chi connectivity index (χ0) is 18.4. The Hall–Kier alpha value is -3.15. The zero-order valence-electron chi connectivity index (χ0n) is 14.8. The number of carbonyl (C=O) groups excluding carboxylic acids is 1. The number of aromatic nitrogens is 2. The average molecular weight is 351 g/mol. The van der Waals surface area contributed by atoms with Crippen molar-refractivity contribution < 1.29 is 14.1 Å². The SMILES string of the molecule is CCC(Oc1ccc(C)cc1)C(=O)NCc1nc(-c2ccccc2)no1. The van der Waals surface area contributed by atoms with Crippen LogP contribution in [0.4, 0.5) is 0 Å². The molecule has 0 saturated carbocycles. The van der Waals surface area contributed by atoms with Gasteiger partial charge in [-0.25, -0.2) is 0 Å². The Labute approximate surface area is 152 Å². The molecule has 1 N–H and O–H groups in total. The van der Waals surface area contributed by atoms with Crippen LogP contribution in [0.1, 0.15) is 24.8 Å². The van der Waals surface area contributed by atoms with Crippen molar-refractivity contribution in [3.63, 3.8) is 0 Å². The van der Waals surface area contributed by atoms with E-state index in [-0.39, 0.29) is 12.5 Å². The van der Waals surface area contributed by atoms with Crippen LogP contribution in [0.3, 0.4) is 0 Å². The summed E-state index contributed by atoms with van der Waals surface area (Å²) in [5.41, 5.74) is 2.00. The maximum absolute atomic E-state index is 12.4. The zero-order valence-corrected chi connectivity index (χ0v) is 14.8. The molecule has 26 heavy (non-hydrogen) atoms. The molecule has 1 aromatic heterocycles. The molecule has 0 fully saturated rings. The van der Waals surface area contributed by atoms with Gasteiger partial charge in [0, 0.05) is 5.56 Å². The van der Waals surface area contributed by atoms with Gasteiger partial charge in [-0.2, -0.15) is 4.98 Å². The van der Waals surface area contributed by atoms with Crippen LogP contribution in [0, 0.1) is 6.92 Å². The lowest BCUT2D eigenvalue weighted by molar-refractivity contribution is -0.128. The molecule has 0 spiro atoms. The maximum atomic E-state index is 12.4. The van der Waals surface area contributed by atoms with E-state index in [0.717, 1.165) is 11.1 Å². The summed E-state index contributed by atoms with van der Waals surface area (Å²) in [6.07, 6.45) is -0.0204. The molecule has 0 radical (unpaired) electrons. The van der Waals surface area contributed by atoms with E-state index < -0.39 is 6.10 Å². The Morgan fingerprint density at radius 3 is 2.58 bits per heavy atom. The standard InChI is InChI=1S/C20H21N3O3/c1-3-17(25-16-11-9-14(2)10-12-16)20(24)21-13-18-22-19(23-26-18)15-7-5-4-6-8-15/h4-12,17H,3,13H2,1-2H3,(H,21,24). The third-order valence-electron chi connectivity index (χ3n) is 3.88. The van der Waals surface area contributed by atoms with Crippen LogP contribution < -0.4 is 10.1 Å². The summed E-state index contributed by atoms with van der Waals surface area (Å²) < 4.78 is 11.0. The van der Waals surface area contributed by atoms with Crippen LogP contribution in [0.25, 0.3) is 11.4 Å². The smallest absolute Gasteiger partial charge is 0.261 e. The molecule has 0 bridgehead atoms. The highest BCUT2D eigenvalue weighted by molar-refractivity contribution is 5.81. The van der Waals surface area contributed by atoms with Gasteiger partial charge < -0.3 is 14.6 Å². The fourth-order valence-corrected chi connectivity index (χ4v) is 2.41. The fourth-order valence-electron chi connectivity index (χ4n) is 2.41. The highest BCUT2D eigenvalue weighted by Gasteiger charge is 2.19. The first kappa shape index (κ1) is 17.7. The van der Waals surface area contributed by atoms with Gasteiger partial charge in [-0.3, -0.25) is 4.79 Å². The number of hydrogen-bond donors (Lipinski definition) is 1. The number of aryl methyl sites for hydroxylation is 1. The number of benzene rings is 2. The molecule has 6 nitrogen and oxygen atoms in total. The van der Waals surface area contributed by atoms with Crippen molar-refractivity contribution in [1.82, 2.24) is 15.5 Å². The molecule has 3 rings (SSSR count). The van der Waals surface area contributed by atoms with Crippen molar-refractivity contribution in [2.24, 2.45) is 0 Å². The molecular weight excluding hydrogens is 330 g/mol. The minimum atomic E-state index is -0.575. The number of amides is 1. The minimum absolute atomic E-state index is 0.159. The molecular formula is C20H21N3O3. The molecule has 1 heterocycles. The van der Waals surface area contributed by atoms with Crippen molar-refractivity contribution in [1.29, 1.82) is 0 Å². The monoisotopic (exact) mass is 351 g/mol. The normalized spacial score (nSPS) is 11.8. The number of hydrogen-bond acceptors (Lipinski definition) is 5. The van der Waals surface area contributed by atoms with Crippen molar-refractivity contribution in [2.45, 2.75) is 32.9 Å². The summed E-state index contributed by atoms with van der Waals surface area (Å²) in [4.78, 5) is 16.7. The predicted molar refractivity (Wildman–Crippen MR) is 97.5 cm³/mol. The van der Waals surface area contributed by atoms with E-state index in [1.807, 2.05) is 68.4 Å². The highest BCUT2D eigenvalue weighted by Crippen LogP contribution is 2.16. The van der Waals surface area contributed by atoms with E-state index in [1.54, 1.807) is 0 Å². The molecule has 0 aliphatic carbocycles. The van der Waals surface area contributed by atoms with E-state index in [4.69, 9.17) is 9.26 Å². The van der Waals surface area contributed by atoms with Gasteiger partial charge in [0.1, 0.15) is 5.75 Å². The van der Waals surface area contributed by atoms with Crippen LogP contribution in [0.5, 0.6) is 5.75 Å². The molecule has 0 aliphatic rings. The van der Waals surface area contributed by atoms with Crippen molar-refractivity contribution in [3.8, 4) is 17.1 Å². The van der Waals surface area contributed by atoms with Crippen LogP contribution >= 0.6 is 0 Å². The largest absolute Gasteiger partial charge is 0.481 e. The van der Waals surface area contributed by atoms with E-state index in [0.29, 0.717) is 23.9 Å². The van der Waals surface area contributed by atoms with Crippen LogP contribution in [0.15, 0.2) is 59.1 Å². The van der Waals surface area contributed by atoms with Crippen molar-refractivity contribution in [3.05, 3.63) is 66.1 Å². The topological polar surface area (TPSA) is 77.2 Å². The molecule has 0 saturated heterocycles. The number of carbonyl (C=O) groups is 1. The molecule has 134 valence electrons. The van der Waals surface area contributed by atoms with Gasteiger partial charge in [0.25, 0.3) is 5.91 Å². The number of nitrogens with one attached hydrogen (secondary N) is 1. The van der Waals surface area contributed by atoms with Gasteiger partial charge in [-0.15, -0.1) is 0 Å². The van der Waals surface area contributed by atoms with Crippen LogP contribution in [0.2, 0.25) is 0 Å². The lowest BCUT2D eigenvalue weighted by Gasteiger charge is -2.16. The number of ether oxygens (including phenoxy) is 1. The fraction of sp³-hybridized carbons (Fsp3) is 0.250. The van der Waals surface area contributed by atoms with Gasteiger partial charge in [0.2, 0.25) is 11.7 Å². The quantitative estimate of drug-likeness (QED) is 0.705. The van der Waals surface area contributed by atoms with E-state index in [2.05, 4.69) is 15.5 Å². The lowest BCUT2D eigenvalue weighted by atomic mass is 10.2. The molecule has 1 atom stereocenters. The first-order valence-corrected chi connectivity index (χ1v) is 8.54. The Balaban J connectivity index is 1.57. The summed E-state index contributed by atoms with van der Waals surface area (Å²) >= 11 is 0. The highest BCUT2D eigenvalue weighted by atomic mass is 16.5. The van der Waals surface area contributed by atoms with Gasteiger partial charge in [0.05, 0.1) is 6.54 Å². The predicted octanol–water partition coefficient (Wildman–Crippen LogP) is 3.52. The first-order chi connectivity index (χ1) is 12.7. The third-order valence-corrected chi connectivity index (χ3v) is 3.88. The van der Waals surface area contributed by atoms with E-state index >= 15 is 0 Å². The van der Waals surface area contributed by atoms with Gasteiger partial charge in [0.15, 0.2) is 6.10 Å². The molecule has 1 unspecified atom stereocenters. The van der Waals surface area contributed by atoms with Crippen molar-refractivity contribution >= 4 is 5.91 Å². The second-order valence-corrected chi connectivity index (χ2v) is 5.92.